The van der Waals surface area contributed by atoms with E-state index in [2.05, 4.69) is 5.16 Å². The lowest BCUT2D eigenvalue weighted by atomic mass is 10.1. The molecule has 0 aliphatic carbocycles. The molecule has 0 radical (unpaired) electrons. The molecule has 1 aromatic carbocycles. The zero-order chi connectivity index (χ0) is 11.8. The Morgan fingerprint density at radius 1 is 1.31 bits per heavy atom. The summed E-state index contributed by atoms with van der Waals surface area (Å²) < 4.78 is 5.13. The van der Waals surface area contributed by atoms with Gasteiger partial charge < -0.3 is 15.3 Å². The van der Waals surface area contributed by atoms with Crippen LogP contribution in [0.15, 0.2) is 29.4 Å². The van der Waals surface area contributed by atoms with Crippen molar-refractivity contribution in [3.63, 3.8) is 0 Å². The van der Waals surface area contributed by atoms with Crippen molar-refractivity contribution in [1.82, 2.24) is 0 Å². The van der Waals surface area contributed by atoms with Crippen molar-refractivity contribution >= 4 is 11.4 Å². The van der Waals surface area contributed by atoms with E-state index < -0.39 is 0 Å². The van der Waals surface area contributed by atoms with E-state index in [1.165, 1.54) is 0 Å². The molecule has 0 unspecified atom stereocenters. The summed E-state index contributed by atoms with van der Waals surface area (Å²) in [5.41, 5.74) is 8.19. The summed E-state index contributed by atoms with van der Waals surface area (Å²) in [6, 6.07) is 7.57. The standard InChI is InChI=1S/C12H18N2O2/c1-3-15-8-9-16-14-10(2)11-6-4-5-7-12(11)13/h4-7H,3,8-9,13H2,1-2H3/b14-10+. The molecule has 0 aromatic heterocycles. The first-order valence-corrected chi connectivity index (χ1v) is 5.35. The number of hydrogen-bond donors (Lipinski definition) is 1. The highest BCUT2D eigenvalue weighted by molar-refractivity contribution is 6.02. The van der Waals surface area contributed by atoms with E-state index in [1.54, 1.807) is 0 Å². The van der Waals surface area contributed by atoms with Crippen LogP contribution in [0.25, 0.3) is 0 Å². The van der Waals surface area contributed by atoms with E-state index in [1.807, 2.05) is 38.1 Å². The average molecular weight is 222 g/mol. The largest absolute Gasteiger partial charge is 0.398 e. The zero-order valence-corrected chi connectivity index (χ0v) is 9.77. The number of rotatable bonds is 6. The van der Waals surface area contributed by atoms with Gasteiger partial charge in [0.25, 0.3) is 0 Å². The van der Waals surface area contributed by atoms with Crippen LogP contribution in [0, 0.1) is 0 Å². The molecular weight excluding hydrogens is 204 g/mol. The zero-order valence-electron chi connectivity index (χ0n) is 9.77. The van der Waals surface area contributed by atoms with Gasteiger partial charge in [-0.2, -0.15) is 0 Å². The number of para-hydroxylation sites is 1. The molecule has 0 aliphatic heterocycles. The Balaban J connectivity index is 2.47. The summed E-state index contributed by atoms with van der Waals surface area (Å²) in [6.45, 7) is 5.51. The van der Waals surface area contributed by atoms with Crippen LogP contribution in [0.3, 0.4) is 0 Å². The fourth-order valence-corrected chi connectivity index (χ4v) is 1.26. The minimum Gasteiger partial charge on any atom is -0.398 e. The number of oxime groups is 1. The van der Waals surface area contributed by atoms with Gasteiger partial charge in [-0.15, -0.1) is 0 Å². The quantitative estimate of drug-likeness (QED) is 0.347. The van der Waals surface area contributed by atoms with Gasteiger partial charge in [0.1, 0.15) is 6.61 Å². The minimum atomic E-state index is 0.456. The van der Waals surface area contributed by atoms with Gasteiger partial charge in [-0.05, 0) is 19.9 Å². The number of hydrogen-bond acceptors (Lipinski definition) is 4. The second kappa shape index (κ2) is 6.85. The van der Waals surface area contributed by atoms with E-state index >= 15 is 0 Å². The SMILES string of the molecule is CCOCCO/N=C(\C)c1ccccc1N. The fraction of sp³-hybridized carbons (Fsp3) is 0.417. The van der Waals surface area contributed by atoms with Gasteiger partial charge in [0.05, 0.1) is 12.3 Å². The van der Waals surface area contributed by atoms with Crippen molar-refractivity contribution in [2.75, 3.05) is 25.6 Å². The Bertz CT molecular complexity index is 351. The minimum absolute atomic E-state index is 0.456. The molecule has 0 heterocycles. The monoisotopic (exact) mass is 222 g/mol. The molecule has 4 heteroatoms. The van der Waals surface area contributed by atoms with E-state index in [4.69, 9.17) is 15.3 Å². The molecule has 16 heavy (non-hydrogen) atoms. The van der Waals surface area contributed by atoms with Gasteiger partial charge >= 0.3 is 0 Å². The number of ether oxygens (including phenoxy) is 1. The Labute approximate surface area is 96.0 Å². The van der Waals surface area contributed by atoms with Gasteiger partial charge in [-0.25, -0.2) is 0 Å². The van der Waals surface area contributed by atoms with Crippen molar-refractivity contribution < 1.29 is 9.57 Å². The maximum Gasteiger partial charge on any atom is 0.140 e. The summed E-state index contributed by atoms with van der Waals surface area (Å²) >= 11 is 0. The van der Waals surface area contributed by atoms with E-state index in [-0.39, 0.29) is 0 Å². The summed E-state index contributed by atoms with van der Waals surface area (Å²) in [5.74, 6) is 0. The Hall–Kier alpha value is -1.55. The van der Waals surface area contributed by atoms with E-state index in [0.29, 0.717) is 25.5 Å². The molecule has 0 spiro atoms. The normalized spacial score (nSPS) is 11.5. The molecule has 0 atom stereocenters. The molecule has 0 fully saturated rings. The topological polar surface area (TPSA) is 56.8 Å². The highest BCUT2D eigenvalue weighted by Gasteiger charge is 2.01. The fourth-order valence-electron chi connectivity index (χ4n) is 1.26. The molecule has 0 amide bonds. The van der Waals surface area contributed by atoms with Crippen LogP contribution in [-0.4, -0.2) is 25.5 Å². The van der Waals surface area contributed by atoms with Gasteiger partial charge in [-0.1, -0.05) is 23.4 Å². The number of anilines is 1. The Morgan fingerprint density at radius 2 is 2.06 bits per heavy atom. The molecule has 2 N–H and O–H groups in total. The third-order valence-corrected chi connectivity index (χ3v) is 2.08. The first-order chi connectivity index (χ1) is 7.75. The maximum atomic E-state index is 5.81. The van der Waals surface area contributed by atoms with Crippen LogP contribution in [-0.2, 0) is 9.57 Å². The highest BCUT2D eigenvalue weighted by atomic mass is 16.6. The van der Waals surface area contributed by atoms with Crippen LogP contribution >= 0.6 is 0 Å². The van der Waals surface area contributed by atoms with Gasteiger partial charge in [0.15, 0.2) is 0 Å². The number of nitrogens with two attached hydrogens (primary N) is 1. The molecule has 0 bridgehead atoms. The van der Waals surface area contributed by atoms with Crippen LogP contribution in [0.4, 0.5) is 5.69 Å². The van der Waals surface area contributed by atoms with Crippen molar-refractivity contribution in [1.29, 1.82) is 0 Å². The van der Waals surface area contributed by atoms with Gasteiger partial charge in [-0.3, -0.25) is 0 Å². The van der Waals surface area contributed by atoms with Gasteiger partial charge in [0, 0.05) is 17.9 Å². The smallest absolute Gasteiger partial charge is 0.140 e. The molecule has 0 saturated heterocycles. The lowest BCUT2D eigenvalue weighted by Gasteiger charge is -2.05. The lowest BCUT2D eigenvalue weighted by molar-refractivity contribution is 0.0562. The maximum absolute atomic E-state index is 5.81. The van der Waals surface area contributed by atoms with Crippen molar-refractivity contribution in [3.05, 3.63) is 29.8 Å². The average Bonchev–Trinajstić information content (AvgIpc) is 2.29. The number of nitrogens with zero attached hydrogens (tertiary/aromatic N) is 1. The van der Waals surface area contributed by atoms with Crippen LogP contribution in [0.2, 0.25) is 0 Å². The molecule has 0 aliphatic rings. The predicted octanol–water partition coefficient (Wildman–Crippen LogP) is 2.05. The third kappa shape index (κ3) is 3.90. The predicted molar refractivity (Wildman–Crippen MR) is 65.5 cm³/mol. The molecule has 88 valence electrons. The Morgan fingerprint density at radius 3 is 2.75 bits per heavy atom. The van der Waals surface area contributed by atoms with Crippen LogP contribution in [0.5, 0.6) is 0 Å². The third-order valence-electron chi connectivity index (χ3n) is 2.08. The van der Waals surface area contributed by atoms with E-state index in [9.17, 15) is 0 Å². The Kier molecular flexibility index (Phi) is 5.36. The molecular formula is C12H18N2O2. The number of nitrogen functional groups attached to an aromatic ring is 1. The summed E-state index contributed by atoms with van der Waals surface area (Å²) in [7, 11) is 0. The first kappa shape index (κ1) is 12.5. The molecule has 0 saturated carbocycles. The molecule has 1 rings (SSSR count). The van der Waals surface area contributed by atoms with Gasteiger partial charge in [0.2, 0.25) is 0 Å². The summed E-state index contributed by atoms with van der Waals surface area (Å²) in [6.07, 6.45) is 0. The van der Waals surface area contributed by atoms with Crippen molar-refractivity contribution in [3.8, 4) is 0 Å². The number of benzene rings is 1. The summed E-state index contributed by atoms with van der Waals surface area (Å²) in [5, 5.41) is 3.98. The van der Waals surface area contributed by atoms with Crippen LogP contribution in [0.1, 0.15) is 19.4 Å². The van der Waals surface area contributed by atoms with Crippen molar-refractivity contribution in [2.24, 2.45) is 5.16 Å². The van der Waals surface area contributed by atoms with Crippen LogP contribution < -0.4 is 5.73 Å². The molecule has 1 aromatic rings. The lowest BCUT2D eigenvalue weighted by Crippen LogP contribution is -2.04. The summed E-state index contributed by atoms with van der Waals surface area (Å²) in [4.78, 5) is 5.11. The first-order valence-electron chi connectivity index (χ1n) is 5.35. The highest BCUT2D eigenvalue weighted by Crippen LogP contribution is 2.11. The van der Waals surface area contributed by atoms with Crippen molar-refractivity contribution in [2.45, 2.75) is 13.8 Å². The molecule has 4 nitrogen and oxygen atoms in total. The second-order valence-electron chi connectivity index (χ2n) is 3.29. The second-order valence-corrected chi connectivity index (χ2v) is 3.29. The van der Waals surface area contributed by atoms with E-state index in [0.717, 1.165) is 11.3 Å².